The first-order valence-electron chi connectivity index (χ1n) is 5.75. The fourth-order valence-corrected chi connectivity index (χ4v) is 3.84. The Hall–Kier alpha value is -0.660. The van der Waals surface area contributed by atoms with Crippen molar-refractivity contribution in [2.45, 2.75) is 32.9 Å². The number of rotatable bonds is 3. The summed E-state index contributed by atoms with van der Waals surface area (Å²) in [5, 5.41) is 0. The molecule has 0 aromatic heterocycles. The van der Waals surface area contributed by atoms with Gasteiger partial charge in [-0.2, -0.15) is 0 Å². The molecule has 6 nitrogen and oxygen atoms in total. The minimum atomic E-state index is -2.92. The SMILES string of the molecule is CC(C(=O)NN)C(C)N1CCS(=O)(=O)CC1C. The van der Waals surface area contributed by atoms with Crippen LogP contribution in [0.25, 0.3) is 0 Å². The van der Waals surface area contributed by atoms with E-state index < -0.39 is 9.84 Å². The molecule has 1 aliphatic rings. The zero-order chi connectivity index (χ0) is 13.2. The van der Waals surface area contributed by atoms with Gasteiger partial charge in [-0.3, -0.25) is 15.1 Å². The highest BCUT2D eigenvalue weighted by Gasteiger charge is 2.34. The van der Waals surface area contributed by atoms with E-state index in [0.29, 0.717) is 6.54 Å². The molecule has 0 radical (unpaired) electrons. The summed E-state index contributed by atoms with van der Waals surface area (Å²) in [5.74, 6) is 4.95. The van der Waals surface area contributed by atoms with Gasteiger partial charge in [0.1, 0.15) is 0 Å². The van der Waals surface area contributed by atoms with Crippen LogP contribution >= 0.6 is 0 Å². The van der Waals surface area contributed by atoms with Crippen molar-refractivity contribution in [3.05, 3.63) is 0 Å². The van der Waals surface area contributed by atoms with Crippen LogP contribution in [0, 0.1) is 5.92 Å². The van der Waals surface area contributed by atoms with E-state index in [-0.39, 0.29) is 35.4 Å². The minimum Gasteiger partial charge on any atom is -0.295 e. The first-order chi connectivity index (χ1) is 7.78. The molecule has 0 spiro atoms. The quantitative estimate of drug-likeness (QED) is 0.392. The van der Waals surface area contributed by atoms with Gasteiger partial charge in [0, 0.05) is 18.6 Å². The van der Waals surface area contributed by atoms with Crippen LogP contribution < -0.4 is 11.3 Å². The smallest absolute Gasteiger partial charge is 0.238 e. The van der Waals surface area contributed by atoms with Crippen molar-refractivity contribution in [3.8, 4) is 0 Å². The summed E-state index contributed by atoms with van der Waals surface area (Å²) >= 11 is 0. The summed E-state index contributed by atoms with van der Waals surface area (Å²) in [7, 11) is -2.92. The Morgan fingerprint density at radius 2 is 2.06 bits per heavy atom. The standard InChI is InChI=1S/C10H21N3O3S/c1-7-6-17(15,16)5-4-13(7)9(3)8(2)10(14)12-11/h7-9H,4-6,11H2,1-3H3,(H,12,14). The Morgan fingerprint density at radius 3 is 2.53 bits per heavy atom. The van der Waals surface area contributed by atoms with E-state index in [2.05, 4.69) is 10.3 Å². The van der Waals surface area contributed by atoms with Crippen molar-refractivity contribution in [1.29, 1.82) is 0 Å². The average molecular weight is 263 g/mol. The first kappa shape index (κ1) is 14.4. The molecule has 3 atom stereocenters. The molecule has 1 amide bonds. The molecule has 0 saturated carbocycles. The molecule has 1 aliphatic heterocycles. The lowest BCUT2D eigenvalue weighted by atomic mass is 10.00. The highest BCUT2D eigenvalue weighted by molar-refractivity contribution is 7.91. The van der Waals surface area contributed by atoms with Crippen molar-refractivity contribution in [3.63, 3.8) is 0 Å². The van der Waals surface area contributed by atoms with Crippen molar-refractivity contribution >= 4 is 15.7 Å². The van der Waals surface area contributed by atoms with Gasteiger partial charge in [-0.05, 0) is 13.8 Å². The molecule has 0 aromatic rings. The lowest BCUT2D eigenvalue weighted by molar-refractivity contribution is -0.126. The average Bonchev–Trinajstić information content (AvgIpc) is 2.25. The van der Waals surface area contributed by atoms with Crippen LogP contribution in [-0.2, 0) is 14.6 Å². The number of amides is 1. The largest absolute Gasteiger partial charge is 0.295 e. The maximum Gasteiger partial charge on any atom is 0.238 e. The van der Waals surface area contributed by atoms with E-state index in [9.17, 15) is 13.2 Å². The molecule has 1 heterocycles. The second kappa shape index (κ2) is 5.32. The molecule has 1 rings (SSSR count). The zero-order valence-corrected chi connectivity index (χ0v) is 11.3. The van der Waals surface area contributed by atoms with Crippen LogP contribution in [-0.4, -0.2) is 49.4 Å². The van der Waals surface area contributed by atoms with Crippen molar-refractivity contribution in [2.24, 2.45) is 11.8 Å². The van der Waals surface area contributed by atoms with E-state index in [1.807, 2.05) is 13.8 Å². The van der Waals surface area contributed by atoms with Gasteiger partial charge in [-0.25, -0.2) is 14.3 Å². The van der Waals surface area contributed by atoms with Gasteiger partial charge in [0.25, 0.3) is 0 Å². The number of carbonyl (C=O) groups is 1. The fourth-order valence-electron chi connectivity index (χ4n) is 2.25. The second-order valence-electron chi connectivity index (χ2n) is 4.74. The van der Waals surface area contributed by atoms with Crippen molar-refractivity contribution in [1.82, 2.24) is 10.3 Å². The molecule has 17 heavy (non-hydrogen) atoms. The van der Waals surface area contributed by atoms with Gasteiger partial charge in [0.05, 0.1) is 17.4 Å². The second-order valence-corrected chi connectivity index (χ2v) is 6.97. The van der Waals surface area contributed by atoms with Gasteiger partial charge >= 0.3 is 0 Å². The summed E-state index contributed by atoms with van der Waals surface area (Å²) in [5.41, 5.74) is 2.13. The number of carbonyl (C=O) groups excluding carboxylic acids is 1. The third kappa shape index (κ3) is 3.40. The van der Waals surface area contributed by atoms with Gasteiger partial charge in [0.2, 0.25) is 5.91 Å². The third-order valence-corrected chi connectivity index (χ3v) is 5.32. The van der Waals surface area contributed by atoms with E-state index >= 15 is 0 Å². The number of nitrogens with zero attached hydrogens (tertiary/aromatic N) is 1. The van der Waals surface area contributed by atoms with Crippen molar-refractivity contribution in [2.75, 3.05) is 18.1 Å². The van der Waals surface area contributed by atoms with E-state index in [1.54, 1.807) is 6.92 Å². The van der Waals surface area contributed by atoms with E-state index in [1.165, 1.54) is 0 Å². The van der Waals surface area contributed by atoms with Gasteiger partial charge in [0.15, 0.2) is 9.84 Å². The monoisotopic (exact) mass is 263 g/mol. The van der Waals surface area contributed by atoms with Crippen LogP contribution in [0.4, 0.5) is 0 Å². The molecule has 0 bridgehead atoms. The maximum atomic E-state index is 11.5. The number of hydrazine groups is 1. The predicted octanol–water partition coefficient (Wildman–Crippen LogP) is -0.880. The predicted molar refractivity (Wildman–Crippen MR) is 65.8 cm³/mol. The van der Waals surface area contributed by atoms with Crippen LogP contribution in [0.2, 0.25) is 0 Å². The Bertz CT molecular complexity index is 382. The molecule has 3 N–H and O–H groups in total. The Kier molecular flexibility index (Phi) is 4.51. The molecule has 100 valence electrons. The topological polar surface area (TPSA) is 92.5 Å². The summed E-state index contributed by atoms with van der Waals surface area (Å²) in [6.07, 6.45) is 0. The molecular weight excluding hydrogens is 242 g/mol. The fraction of sp³-hybridized carbons (Fsp3) is 0.900. The maximum absolute atomic E-state index is 11.5. The highest BCUT2D eigenvalue weighted by Crippen LogP contribution is 2.19. The van der Waals surface area contributed by atoms with Crippen molar-refractivity contribution < 1.29 is 13.2 Å². The summed E-state index contributed by atoms with van der Waals surface area (Å²) in [6, 6.07) is -0.0826. The van der Waals surface area contributed by atoms with Crippen LogP contribution in [0.15, 0.2) is 0 Å². The summed E-state index contributed by atoms with van der Waals surface area (Å²) in [4.78, 5) is 13.5. The van der Waals surface area contributed by atoms with Gasteiger partial charge in [-0.1, -0.05) is 6.92 Å². The summed E-state index contributed by atoms with van der Waals surface area (Å²) < 4.78 is 22.9. The van der Waals surface area contributed by atoms with E-state index in [4.69, 9.17) is 5.84 Å². The lowest BCUT2D eigenvalue weighted by Gasteiger charge is -2.39. The number of nitrogens with two attached hydrogens (primary N) is 1. The highest BCUT2D eigenvalue weighted by atomic mass is 32.2. The van der Waals surface area contributed by atoms with Crippen LogP contribution in [0.3, 0.4) is 0 Å². The lowest BCUT2D eigenvalue weighted by Crippen LogP contribution is -2.54. The Balaban J connectivity index is 2.71. The normalized spacial score (nSPS) is 28.4. The molecule has 3 unspecified atom stereocenters. The Labute approximate surface area is 102 Å². The third-order valence-electron chi connectivity index (χ3n) is 3.52. The molecule has 0 aliphatic carbocycles. The summed E-state index contributed by atoms with van der Waals surface area (Å²) in [6.45, 7) is 6.07. The Morgan fingerprint density at radius 1 is 1.47 bits per heavy atom. The number of sulfone groups is 1. The number of nitrogens with one attached hydrogen (secondary N) is 1. The van der Waals surface area contributed by atoms with Gasteiger partial charge in [-0.15, -0.1) is 0 Å². The molecule has 7 heteroatoms. The van der Waals surface area contributed by atoms with Crippen LogP contribution in [0.5, 0.6) is 0 Å². The first-order valence-corrected chi connectivity index (χ1v) is 7.57. The molecule has 0 aromatic carbocycles. The molecule has 1 saturated heterocycles. The van der Waals surface area contributed by atoms with Gasteiger partial charge < -0.3 is 0 Å². The number of hydrogen-bond acceptors (Lipinski definition) is 5. The zero-order valence-electron chi connectivity index (χ0n) is 10.5. The molecule has 1 fully saturated rings. The minimum absolute atomic E-state index is 0.0240. The molecular formula is C10H21N3O3S. The van der Waals surface area contributed by atoms with E-state index in [0.717, 1.165) is 0 Å². The number of hydrogen-bond donors (Lipinski definition) is 2. The van der Waals surface area contributed by atoms with Crippen LogP contribution in [0.1, 0.15) is 20.8 Å².